The maximum atomic E-state index is 14.5. The highest BCUT2D eigenvalue weighted by atomic mass is 19.1. The van der Waals surface area contributed by atoms with E-state index in [0.717, 1.165) is 30.1 Å². The number of imidazole rings is 1. The van der Waals surface area contributed by atoms with E-state index in [1.54, 1.807) is 14.1 Å². The van der Waals surface area contributed by atoms with Crippen LogP contribution in [0.25, 0.3) is 11.0 Å². The van der Waals surface area contributed by atoms with Crippen molar-refractivity contribution in [3.63, 3.8) is 0 Å². The van der Waals surface area contributed by atoms with E-state index in [-0.39, 0.29) is 48.2 Å². The average molecular weight is 574 g/mol. The third kappa shape index (κ3) is 8.19. The van der Waals surface area contributed by atoms with Crippen molar-refractivity contribution in [1.82, 2.24) is 29.7 Å². The van der Waals surface area contributed by atoms with Gasteiger partial charge in [0.25, 0.3) is 5.56 Å². The Balaban J connectivity index is 1.83. The van der Waals surface area contributed by atoms with Crippen molar-refractivity contribution in [2.45, 2.75) is 45.7 Å². The van der Waals surface area contributed by atoms with E-state index in [2.05, 4.69) is 30.3 Å². The molecule has 0 saturated carbocycles. The number of carbonyl (C=O) groups excluding carboxylic acids is 3. The molecule has 0 bridgehead atoms. The minimum Gasteiger partial charge on any atom is -0.453 e. The van der Waals surface area contributed by atoms with Crippen LogP contribution in [0.3, 0.4) is 0 Å². The number of amides is 3. The molecular weight excluding hydrogens is 540 g/mol. The van der Waals surface area contributed by atoms with Crippen molar-refractivity contribution in [1.29, 1.82) is 0 Å². The van der Waals surface area contributed by atoms with Crippen molar-refractivity contribution in [2.24, 2.45) is 5.92 Å². The van der Waals surface area contributed by atoms with Gasteiger partial charge in [-0.25, -0.2) is 18.6 Å². The van der Waals surface area contributed by atoms with Crippen LogP contribution in [0.1, 0.15) is 38.2 Å². The number of aromatic amines is 1. The predicted molar refractivity (Wildman–Crippen MR) is 147 cm³/mol. The zero-order valence-electron chi connectivity index (χ0n) is 23.5. The zero-order valence-corrected chi connectivity index (χ0v) is 23.5. The molecule has 0 spiro atoms. The lowest BCUT2D eigenvalue weighted by Crippen LogP contribution is -2.44. The summed E-state index contributed by atoms with van der Waals surface area (Å²) in [5.41, 5.74) is -0.0739. The number of aromatic nitrogens is 4. The molecule has 0 aliphatic carbocycles. The van der Waals surface area contributed by atoms with E-state index in [1.165, 1.54) is 17.1 Å². The standard InChI is InChI=1S/C27H33F2N7O5/c1-15(2)10-19-24-23(17(29)12-30-19)33-21(34-24)14-36-13-16(28)11-20(26(36)39)31-25(38)18(32-27(40)41-5)8-6-7-9-22(37)35(3)4/h7,9,11-13,15,18H,6,8,10,14H2,1-5H3,(H,31,38)(H,32,40)(H,33,34)/b9-7+/t18-/m0/s1. The van der Waals surface area contributed by atoms with Gasteiger partial charge in [0.05, 0.1) is 31.1 Å². The summed E-state index contributed by atoms with van der Waals surface area (Å²) in [5, 5.41) is 4.72. The van der Waals surface area contributed by atoms with Gasteiger partial charge >= 0.3 is 6.09 Å². The van der Waals surface area contributed by atoms with Gasteiger partial charge in [-0.3, -0.25) is 19.4 Å². The van der Waals surface area contributed by atoms with Crippen LogP contribution in [0.5, 0.6) is 0 Å². The summed E-state index contributed by atoms with van der Waals surface area (Å²) in [5.74, 6) is -2.09. The quantitative estimate of drug-likeness (QED) is 0.298. The van der Waals surface area contributed by atoms with Crippen molar-refractivity contribution in [3.05, 3.63) is 64.1 Å². The topological polar surface area (TPSA) is 151 Å². The molecule has 3 aromatic heterocycles. The van der Waals surface area contributed by atoms with Crippen LogP contribution < -0.4 is 16.2 Å². The molecule has 0 radical (unpaired) electrons. The summed E-state index contributed by atoms with van der Waals surface area (Å²) in [6.07, 6.45) is 4.84. The fourth-order valence-electron chi connectivity index (χ4n) is 3.93. The molecule has 0 aromatic carbocycles. The second-order valence-corrected chi connectivity index (χ2v) is 9.95. The summed E-state index contributed by atoms with van der Waals surface area (Å²) in [4.78, 5) is 62.4. The molecule has 3 rings (SSSR count). The summed E-state index contributed by atoms with van der Waals surface area (Å²) >= 11 is 0. The number of methoxy groups -OCH3 is 1. The third-order valence-corrected chi connectivity index (χ3v) is 5.95. The number of rotatable bonds is 11. The van der Waals surface area contributed by atoms with Gasteiger partial charge in [0.15, 0.2) is 5.82 Å². The van der Waals surface area contributed by atoms with Crippen LogP contribution in [0.15, 0.2) is 35.4 Å². The maximum Gasteiger partial charge on any atom is 0.407 e. The summed E-state index contributed by atoms with van der Waals surface area (Å²) in [7, 11) is 4.29. The van der Waals surface area contributed by atoms with Crippen molar-refractivity contribution in [3.8, 4) is 0 Å². The Kier molecular flexibility index (Phi) is 10.3. The Morgan fingerprint density at radius 1 is 1.24 bits per heavy atom. The Morgan fingerprint density at radius 3 is 2.63 bits per heavy atom. The molecule has 3 N–H and O–H groups in total. The number of carbonyl (C=O) groups is 3. The first-order chi connectivity index (χ1) is 19.4. The number of allylic oxidation sites excluding steroid dienone is 1. The predicted octanol–water partition coefficient (Wildman–Crippen LogP) is 2.73. The molecule has 0 unspecified atom stereocenters. The van der Waals surface area contributed by atoms with Gasteiger partial charge in [0, 0.05) is 26.4 Å². The molecule has 3 heterocycles. The summed E-state index contributed by atoms with van der Waals surface area (Å²) in [6.45, 7) is 3.73. The van der Waals surface area contributed by atoms with E-state index in [0.29, 0.717) is 17.6 Å². The lowest BCUT2D eigenvalue weighted by Gasteiger charge is -2.17. The number of nitrogens with zero attached hydrogens (tertiary/aromatic N) is 4. The smallest absolute Gasteiger partial charge is 0.407 e. The van der Waals surface area contributed by atoms with Gasteiger partial charge in [0.2, 0.25) is 11.8 Å². The molecule has 12 nitrogen and oxygen atoms in total. The van der Waals surface area contributed by atoms with Crippen LogP contribution >= 0.6 is 0 Å². The maximum absolute atomic E-state index is 14.5. The lowest BCUT2D eigenvalue weighted by atomic mass is 10.1. The number of pyridine rings is 2. The Hall–Kier alpha value is -4.62. The molecule has 3 amide bonds. The number of H-pyrrole nitrogens is 1. The van der Waals surface area contributed by atoms with Crippen LogP contribution in [0.2, 0.25) is 0 Å². The number of ether oxygens (including phenoxy) is 1. The van der Waals surface area contributed by atoms with E-state index in [9.17, 15) is 28.0 Å². The SMILES string of the molecule is COC(=O)N[C@@H](CC/C=C/C(=O)N(C)C)C(=O)Nc1cc(F)cn(Cc2nc3c(F)cnc(CC(C)C)c3[nH]2)c1=O. The van der Waals surface area contributed by atoms with Gasteiger partial charge in [0.1, 0.15) is 28.9 Å². The minimum atomic E-state index is -1.16. The van der Waals surface area contributed by atoms with E-state index in [1.807, 2.05) is 13.8 Å². The third-order valence-electron chi connectivity index (χ3n) is 5.95. The minimum absolute atomic E-state index is 0.0545. The molecule has 41 heavy (non-hydrogen) atoms. The van der Waals surface area contributed by atoms with E-state index in [4.69, 9.17) is 0 Å². The molecule has 0 aliphatic rings. The van der Waals surface area contributed by atoms with Crippen molar-refractivity contribution in [2.75, 3.05) is 26.5 Å². The average Bonchev–Trinajstić information content (AvgIpc) is 3.34. The Bertz CT molecular complexity index is 1510. The van der Waals surface area contributed by atoms with Gasteiger partial charge < -0.3 is 29.8 Å². The molecule has 14 heteroatoms. The molecule has 0 aliphatic heterocycles. The van der Waals surface area contributed by atoms with Crippen molar-refractivity contribution < 1.29 is 27.9 Å². The molecule has 1 atom stereocenters. The zero-order chi connectivity index (χ0) is 30.3. The Morgan fingerprint density at radius 2 is 1.98 bits per heavy atom. The monoisotopic (exact) mass is 573 g/mol. The number of alkyl carbamates (subject to hydrolysis) is 1. The van der Waals surface area contributed by atoms with E-state index < -0.39 is 35.2 Å². The molecule has 0 fully saturated rings. The van der Waals surface area contributed by atoms with Gasteiger partial charge in [-0.05, 0) is 31.3 Å². The molecule has 0 saturated heterocycles. The largest absolute Gasteiger partial charge is 0.453 e. The Labute approximate surface area is 234 Å². The number of anilines is 1. The van der Waals surface area contributed by atoms with Crippen LogP contribution in [0, 0.1) is 17.6 Å². The number of hydrogen-bond acceptors (Lipinski definition) is 7. The van der Waals surface area contributed by atoms with Crippen molar-refractivity contribution >= 4 is 34.6 Å². The van der Waals surface area contributed by atoms with Gasteiger partial charge in [-0.2, -0.15) is 0 Å². The highest BCUT2D eigenvalue weighted by Crippen LogP contribution is 2.21. The first-order valence-corrected chi connectivity index (χ1v) is 12.8. The summed E-state index contributed by atoms with van der Waals surface area (Å²) in [6, 6.07) is -0.312. The molecule has 3 aromatic rings. The van der Waals surface area contributed by atoms with Crippen LogP contribution in [-0.4, -0.2) is 69.6 Å². The fourth-order valence-corrected chi connectivity index (χ4v) is 3.93. The van der Waals surface area contributed by atoms with Gasteiger partial charge in [-0.1, -0.05) is 19.9 Å². The highest BCUT2D eigenvalue weighted by molar-refractivity contribution is 5.96. The number of halogens is 2. The lowest BCUT2D eigenvalue weighted by molar-refractivity contribution is -0.123. The second kappa shape index (κ2) is 13.6. The second-order valence-electron chi connectivity index (χ2n) is 9.95. The molecular formula is C27H33F2N7O5. The van der Waals surface area contributed by atoms with Crippen LogP contribution in [0.4, 0.5) is 19.3 Å². The fraction of sp³-hybridized carbons (Fsp3) is 0.407. The van der Waals surface area contributed by atoms with Crippen LogP contribution in [-0.2, 0) is 27.3 Å². The molecule has 220 valence electrons. The number of nitrogens with one attached hydrogen (secondary N) is 3. The first-order valence-electron chi connectivity index (χ1n) is 12.8. The summed E-state index contributed by atoms with van der Waals surface area (Å²) < 4.78 is 34.5. The number of fused-ring (bicyclic) bond motifs is 1. The number of hydrogen-bond donors (Lipinski definition) is 3. The normalized spacial score (nSPS) is 12.1. The first kappa shape index (κ1) is 30.9. The van der Waals surface area contributed by atoms with E-state index >= 15 is 0 Å². The number of likely N-dealkylation sites (N-methyl/N-ethyl adjacent to an activating group) is 1. The highest BCUT2D eigenvalue weighted by Gasteiger charge is 2.23. The van der Waals surface area contributed by atoms with Gasteiger partial charge in [-0.15, -0.1) is 0 Å².